The minimum Gasteiger partial charge on any atom is -0.358 e. The van der Waals surface area contributed by atoms with Crippen molar-refractivity contribution in [2.45, 2.75) is 16.7 Å². The second-order valence-corrected chi connectivity index (χ2v) is 8.65. The number of hydrogen-bond acceptors (Lipinski definition) is 3. The van der Waals surface area contributed by atoms with Crippen molar-refractivity contribution in [1.82, 2.24) is 4.90 Å². The Bertz CT molecular complexity index is 654. The average molecular weight is 343 g/mol. The van der Waals surface area contributed by atoms with Gasteiger partial charge in [-0.15, -0.1) is 0 Å². The van der Waals surface area contributed by atoms with Crippen molar-refractivity contribution in [3.05, 3.63) is 60.5 Å². The van der Waals surface area contributed by atoms with Crippen LogP contribution in [-0.2, 0) is 0 Å². The van der Waals surface area contributed by atoms with Gasteiger partial charge in [0.15, 0.2) is 0 Å². The van der Waals surface area contributed by atoms with Crippen LogP contribution in [-0.4, -0.2) is 56.0 Å². The second-order valence-electron chi connectivity index (χ2n) is 7.49. The van der Waals surface area contributed by atoms with Crippen molar-refractivity contribution >= 4 is 17.4 Å². The lowest BCUT2D eigenvalue weighted by atomic mass is 10.2. The number of para-hydroxylation sites is 1. The van der Waals surface area contributed by atoms with E-state index in [1.807, 2.05) is 11.8 Å². The molecular weight excluding hydrogens is 314 g/mol. The summed E-state index contributed by atoms with van der Waals surface area (Å²) in [5.41, 5.74) is 2.62. The van der Waals surface area contributed by atoms with Gasteiger partial charge in [0.2, 0.25) is 0 Å². The van der Waals surface area contributed by atoms with Crippen molar-refractivity contribution in [2.75, 3.05) is 46.2 Å². The fourth-order valence-corrected chi connectivity index (χ4v) is 4.21. The first kappa shape index (κ1) is 17.2. The van der Waals surface area contributed by atoms with Gasteiger partial charge in [-0.2, -0.15) is 0 Å². The number of likely N-dealkylation sites (N-methyl/N-ethyl adjacent to an activating group) is 1. The van der Waals surface area contributed by atoms with E-state index in [4.69, 9.17) is 0 Å². The lowest BCUT2D eigenvalue weighted by Gasteiger charge is -2.26. The highest BCUT2D eigenvalue weighted by Crippen LogP contribution is 2.43. The molecule has 1 aromatic carbocycles. The van der Waals surface area contributed by atoms with E-state index in [2.05, 4.69) is 92.9 Å². The Morgan fingerprint density at radius 3 is 2.50 bits per heavy atom. The van der Waals surface area contributed by atoms with E-state index in [1.165, 1.54) is 29.1 Å². The summed E-state index contributed by atoms with van der Waals surface area (Å²) in [6, 6.07) is 8.63. The number of thioether (sulfide) groups is 1. The topological polar surface area (TPSA) is 6.48 Å². The number of nitrogens with zero attached hydrogens (tertiary/aromatic N) is 3. The van der Waals surface area contributed by atoms with E-state index in [9.17, 15) is 0 Å². The molecule has 1 aromatic rings. The molecule has 128 valence electrons. The molecule has 0 spiro atoms. The first-order valence-electron chi connectivity index (χ1n) is 8.55. The quantitative estimate of drug-likeness (QED) is 0.749. The summed E-state index contributed by atoms with van der Waals surface area (Å²) in [5, 5.41) is 0.372. The highest BCUT2D eigenvalue weighted by Gasteiger charge is 2.25. The van der Waals surface area contributed by atoms with Crippen LogP contribution in [0.2, 0.25) is 0 Å². The van der Waals surface area contributed by atoms with Gasteiger partial charge >= 0.3 is 0 Å². The molecule has 24 heavy (non-hydrogen) atoms. The normalized spacial score (nSPS) is 19.8. The van der Waals surface area contributed by atoms with E-state index in [1.54, 1.807) is 0 Å². The van der Waals surface area contributed by atoms with Gasteiger partial charge in [0, 0.05) is 37.3 Å². The monoisotopic (exact) mass is 342 g/mol. The Labute approximate surface area is 150 Å². The number of anilines is 1. The van der Waals surface area contributed by atoms with Gasteiger partial charge in [0.1, 0.15) is 0 Å². The molecule has 3 nitrogen and oxygen atoms in total. The number of fused-ring (bicyclic) bond motifs is 1. The minimum absolute atomic E-state index is 0.372. The smallest absolute Gasteiger partial charge is 0.0988 e. The maximum absolute atomic E-state index is 2.35. The van der Waals surface area contributed by atoms with Gasteiger partial charge in [-0.1, -0.05) is 23.9 Å². The lowest BCUT2D eigenvalue weighted by molar-refractivity contribution is -0.870. The number of hydrogen-bond donors (Lipinski definition) is 0. The third kappa shape index (κ3) is 4.25. The van der Waals surface area contributed by atoms with E-state index in [-0.39, 0.29) is 0 Å². The maximum atomic E-state index is 2.35. The summed E-state index contributed by atoms with van der Waals surface area (Å²) < 4.78 is 1.03. The maximum Gasteiger partial charge on any atom is 0.0988 e. The first-order valence-corrected chi connectivity index (χ1v) is 9.43. The molecule has 0 bridgehead atoms. The van der Waals surface area contributed by atoms with Gasteiger partial charge in [-0.3, -0.25) is 0 Å². The van der Waals surface area contributed by atoms with Crippen molar-refractivity contribution < 1.29 is 4.48 Å². The largest absolute Gasteiger partial charge is 0.358 e. The molecule has 0 N–H and O–H groups in total. The highest BCUT2D eigenvalue weighted by molar-refractivity contribution is 8.00. The number of rotatable bonds is 5. The zero-order chi connectivity index (χ0) is 17.2. The Morgan fingerprint density at radius 2 is 1.83 bits per heavy atom. The molecule has 4 heteroatoms. The lowest BCUT2D eigenvalue weighted by Crippen LogP contribution is -2.36. The van der Waals surface area contributed by atoms with Crippen LogP contribution < -0.4 is 4.90 Å². The van der Waals surface area contributed by atoms with Crippen LogP contribution in [0.3, 0.4) is 0 Å². The molecule has 0 aliphatic carbocycles. The minimum atomic E-state index is 0.372. The van der Waals surface area contributed by atoms with Gasteiger partial charge in [0.25, 0.3) is 0 Å². The van der Waals surface area contributed by atoms with Crippen LogP contribution in [0.15, 0.2) is 65.4 Å². The van der Waals surface area contributed by atoms with Crippen LogP contribution in [0.4, 0.5) is 5.69 Å². The van der Waals surface area contributed by atoms with Crippen molar-refractivity contribution in [3.63, 3.8) is 0 Å². The SMILES string of the molecule is CN1c2ccccc2SC1C=C1C=CN(CCC[N+](C)(C)C)C=C1. The molecule has 0 radical (unpaired) electrons. The van der Waals surface area contributed by atoms with Gasteiger partial charge in [-0.25, -0.2) is 0 Å². The second kappa shape index (κ2) is 7.08. The molecule has 0 saturated heterocycles. The molecule has 3 rings (SSSR count). The van der Waals surface area contributed by atoms with E-state index in [0.717, 1.165) is 11.0 Å². The molecule has 0 aromatic heterocycles. The molecular formula is C20H28N3S+. The third-order valence-electron chi connectivity index (χ3n) is 4.37. The Hall–Kier alpha value is -1.65. The van der Waals surface area contributed by atoms with Gasteiger partial charge in [-0.05, 0) is 35.9 Å². The molecule has 0 fully saturated rings. The standard InChI is InChI=1S/C20H28N3S/c1-21-18-8-5-6-9-19(18)24-20(21)16-17-10-13-22(14-11-17)12-7-15-23(2,3)4/h5-6,8-11,13-14,16,20H,7,12,15H2,1-4H3/q+1. The van der Waals surface area contributed by atoms with Crippen LogP contribution >= 0.6 is 11.8 Å². The van der Waals surface area contributed by atoms with E-state index >= 15 is 0 Å². The summed E-state index contributed by atoms with van der Waals surface area (Å²) in [6.07, 6.45) is 12.4. The van der Waals surface area contributed by atoms with Crippen LogP contribution in [0.25, 0.3) is 0 Å². The fourth-order valence-electron chi connectivity index (χ4n) is 2.96. The predicted molar refractivity (Wildman–Crippen MR) is 105 cm³/mol. The van der Waals surface area contributed by atoms with Crippen molar-refractivity contribution in [1.29, 1.82) is 0 Å². The Morgan fingerprint density at radius 1 is 1.12 bits per heavy atom. The van der Waals surface area contributed by atoms with E-state index < -0.39 is 0 Å². The number of quaternary nitrogens is 1. The average Bonchev–Trinajstić information content (AvgIpc) is 2.85. The number of benzene rings is 1. The molecule has 2 heterocycles. The Balaban J connectivity index is 1.56. The molecule has 0 amide bonds. The molecule has 1 unspecified atom stereocenters. The zero-order valence-corrected chi connectivity index (χ0v) is 16.0. The van der Waals surface area contributed by atoms with Crippen LogP contribution in [0.1, 0.15) is 6.42 Å². The van der Waals surface area contributed by atoms with Gasteiger partial charge < -0.3 is 14.3 Å². The summed E-state index contributed by atoms with van der Waals surface area (Å²) >= 11 is 1.92. The van der Waals surface area contributed by atoms with Crippen molar-refractivity contribution in [3.8, 4) is 0 Å². The van der Waals surface area contributed by atoms with E-state index in [0.29, 0.717) is 5.37 Å². The van der Waals surface area contributed by atoms with Crippen LogP contribution in [0, 0.1) is 0 Å². The molecule has 2 aliphatic heterocycles. The molecule has 2 aliphatic rings. The highest BCUT2D eigenvalue weighted by atomic mass is 32.2. The van der Waals surface area contributed by atoms with Crippen LogP contribution in [0.5, 0.6) is 0 Å². The zero-order valence-electron chi connectivity index (χ0n) is 15.1. The number of allylic oxidation sites excluding steroid dienone is 3. The summed E-state index contributed by atoms with van der Waals surface area (Å²) in [7, 11) is 8.91. The summed E-state index contributed by atoms with van der Waals surface area (Å²) in [5.74, 6) is 0. The third-order valence-corrected chi connectivity index (χ3v) is 5.66. The summed E-state index contributed by atoms with van der Waals surface area (Å²) in [4.78, 5) is 6.00. The summed E-state index contributed by atoms with van der Waals surface area (Å²) in [6.45, 7) is 2.28. The molecule has 1 atom stereocenters. The Kier molecular flexibility index (Phi) is 5.07. The van der Waals surface area contributed by atoms with Crippen molar-refractivity contribution in [2.24, 2.45) is 0 Å². The fraction of sp³-hybridized carbons (Fsp3) is 0.400. The molecule has 0 saturated carbocycles. The van der Waals surface area contributed by atoms with Gasteiger partial charge in [0.05, 0.1) is 38.7 Å². The first-order chi connectivity index (χ1) is 11.4. The predicted octanol–water partition coefficient (Wildman–Crippen LogP) is 3.92.